The van der Waals surface area contributed by atoms with E-state index in [9.17, 15) is 8.42 Å². The smallest absolute Gasteiger partial charge is 0.225 e. The fourth-order valence-electron chi connectivity index (χ4n) is 3.13. The quantitative estimate of drug-likeness (QED) is 0.730. The van der Waals surface area contributed by atoms with Gasteiger partial charge in [-0.25, -0.2) is 13.4 Å². The number of benzene rings is 1. The van der Waals surface area contributed by atoms with Crippen molar-refractivity contribution in [3.8, 4) is 0 Å². The van der Waals surface area contributed by atoms with Gasteiger partial charge in [0.2, 0.25) is 5.95 Å². The summed E-state index contributed by atoms with van der Waals surface area (Å²) in [6.07, 6.45) is 2.34. The van der Waals surface area contributed by atoms with Gasteiger partial charge in [0.1, 0.15) is 5.82 Å². The van der Waals surface area contributed by atoms with E-state index in [2.05, 4.69) is 25.6 Å². The molecule has 3 aromatic rings. The first kappa shape index (κ1) is 16.7. The molecule has 0 amide bonds. The van der Waals surface area contributed by atoms with Crippen molar-refractivity contribution in [3.05, 3.63) is 48.3 Å². The summed E-state index contributed by atoms with van der Waals surface area (Å²) < 4.78 is 23.3. The van der Waals surface area contributed by atoms with Crippen molar-refractivity contribution in [3.63, 3.8) is 0 Å². The highest BCUT2D eigenvalue weighted by molar-refractivity contribution is 7.91. The monoisotopic (exact) mass is 369 g/mol. The molecule has 8 heteroatoms. The van der Waals surface area contributed by atoms with Crippen molar-refractivity contribution in [1.82, 2.24) is 15.0 Å². The van der Waals surface area contributed by atoms with E-state index in [1.165, 1.54) is 0 Å². The van der Waals surface area contributed by atoms with Crippen molar-refractivity contribution >= 4 is 38.2 Å². The van der Waals surface area contributed by atoms with Crippen LogP contribution in [0.3, 0.4) is 0 Å². The number of para-hydroxylation sites is 1. The Morgan fingerprint density at radius 3 is 2.81 bits per heavy atom. The highest BCUT2D eigenvalue weighted by Gasteiger charge is 2.28. The maximum absolute atomic E-state index is 11.6. The molecular formula is C18H19N5O2S. The van der Waals surface area contributed by atoms with Crippen molar-refractivity contribution in [2.24, 2.45) is 0 Å². The molecule has 1 atom stereocenters. The van der Waals surface area contributed by atoms with Gasteiger partial charge in [0.15, 0.2) is 9.84 Å². The Kier molecular flexibility index (Phi) is 4.20. The van der Waals surface area contributed by atoms with Gasteiger partial charge in [-0.1, -0.05) is 18.2 Å². The standard InChI is InChI=1S/C18H19N5O2S/c1-12-10-16(22-15-6-2-4-13-5-3-8-19-17(13)15)23-18(20-12)21-14-7-9-26(24,25)11-14/h2-6,8,10,14H,7,9,11H2,1H3,(H2,20,21,22,23). The minimum absolute atomic E-state index is 0.125. The maximum atomic E-state index is 11.6. The number of aromatic nitrogens is 3. The van der Waals surface area contributed by atoms with Crippen LogP contribution in [0.1, 0.15) is 12.1 Å². The van der Waals surface area contributed by atoms with Crippen LogP contribution in [0.15, 0.2) is 42.6 Å². The molecule has 4 rings (SSSR count). The summed E-state index contributed by atoms with van der Waals surface area (Å²) in [5, 5.41) is 7.48. The number of nitrogens with zero attached hydrogens (tertiary/aromatic N) is 3. The molecule has 1 aromatic carbocycles. The van der Waals surface area contributed by atoms with E-state index >= 15 is 0 Å². The zero-order valence-corrected chi connectivity index (χ0v) is 15.1. The number of rotatable bonds is 4. The summed E-state index contributed by atoms with van der Waals surface area (Å²) in [5.74, 6) is 1.41. The molecular weight excluding hydrogens is 350 g/mol. The Morgan fingerprint density at radius 2 is 2.00 bits per heavy atom. The normalized spacial score (nSPS) is 18.7. The number of anilines is 3. The molecule has 0 bridgehead atoms. The van der Waals surface area contributed by atoms with E-state index in [0.717, 1.165) is 22.3 Å². The third kappa shape index (κ3) is 3.60. The van der Waals surface area contributed by atoms with Crippen LogP contribution in [0.5, 0.6) is 0 Å². The number of fused-ring (bicyclic) bond motifs is 1. The van der Waals surface area contributed by atoms with Crippen LogP contribution in [0.25, 0.3) is 10.9 Å². The Morgan fingerprint density at radius 1 is 1.15 bits per heavy atom. The summed E-state index contributed by atoms with van der Waals surface area (Å²) in [4.78, 5) is 13.3. The van der Waals surface area contributed by atoms with Crippen LogP contribution < -0.4 is 10.6 Å². The van der Waals surface area contributed by atoms with E-state index in [4.69, 9.17) is 0 Å². The van der Waals surface area contributed by atoms with E-state index < -0.39 is 9.84 Å². The highest BCUT2D eigenvalue weighted by atomic mass is 32.2. The van der Waals surface area contributed by atoms with Gasteiger partial charge in [-0.3, -0.25) is 4.98 Å². The lowest BCUT2D eigenvalue weighted by Gasteiger charge is -2.14. The second-order valence-electron chi connectivity index (χ2n) is 6.47. The second-order valence-corrected chi connectivity index (χ2v) is 8.70. The first-order valence-electron chi connectivity index (χ1n) is 8.42. The zero-order chi connectivity index (χ0) is 18.1. The van der Waals surface area contributed by atoms with E-state index in [1.54, 1.807) is 6.20 Å². The van der Waals surface area contributed by atoms with Crippen LogP contribution >= 0.6 is 0 Å². The van der Waals surface area contributed by atoms with Crippen LogP contribution in [-0.4, -0.2) is 40.9 Å². The Bertz CT molecular complexity index is 1060. The van der Waals surface area contributed by atoms with Crippen molar-refractivity contribution in [1.29, 1.82) is 0 Å². The zero-order valence-electron chi connectivity index (χ0n) is 14.3. The molecule has 0 saturated carbocycles. The third-order valence-electron chi connectivity index (χ3n) is 4.32. The molecule has 0 aliphatic carbocycles. The topological polar surface area (TPSA) is 96.9 Å². The Balaban J connectivity index is 1.60. The van der Waals surface area contributed by atoms with Gasteiger partial charge in [-0.2, -0.15) is 4.98 Å². The second kappa shape index (κ2) is 6.53. The van der Waals surface area contributed by atoms with Crippen molar-refractivity contribution < 1.29 is 8.42 Å². The first-order valence-corrected chi connectivity index (χ1v) is 10.2. The lowest BCUT2D eigenvalue weighted by atomic mass is 10.2. The lowest BCUT2D eigenvalue weighted by Crippen LogP contribution is -2.22. The molecule has 26 heavy (non-hydrogen) atoms. The number of hydrogen-bond acceptors (Lipinski definition) is 7. The molecule has 2 aromatic heterocycles. The minimum Gasteiger partial charge on any atom is -0.350 e. The molecule has 2 N–H and O–H groups in total. The van der Waals surface area contributed by atoms with Gasteiger partial charge in [-0.05, 0) is 25.5 Å². The lowest BCUT2D eigenvalue weighted by molar-refractivity contribution is 0.602. The predicted molar refractivity (Wildman–Crippen MR) is 102 cm³/mol. The largest absolute Gasteiger partial charge is 0.350 e. The van der Waals surface area contributed by atoms with Gasteiger partial charge in [0, 0.05) is 29.4 Å². The fourth-order valence-corrected chi connectivity index (χ4v) is 4.80. The number of aryl methyl sites for hydroxylation is 1. The molecule has 1 aliphatic rings. The highest BCUT2D eigenvalue weighted by Crippen LogP contribution is 2.25. The summed E-state index contributed by atoms with van der Waals surface area (Å²) in [5.41, 5.74) is 2.51. The summed E-state index contributed by atoms with van der Waals surface area (Å²) in [6.45, 7) is 1.88. The van der Waals surface area contributed by atoms with Gasteiger partial charge in [0.05, 0.1) is 22.7 Å². The summed E-state index contributed by atoms with van der Waals surface area (Å²) in [7, 11) is -2.95. The maximum Gasteiger partial charge on any atom is 0.225 e. The average molecular weight is 369 g/mol. The molecule has 1 unspecified atom stereocenters. The van der Waals surface area contributed by atoms with Crippen molar-refractivity contribution in [2.45, 2.75) is 19.4 Å². The van der Waals surface area contributed by atoms with E-state index in [0.29, 0.717) is 18.2 Å². The average Bonchev–Trinajstić information content (AvgIpc) is 2.93. The molecule has 1 saturated heterocycles. The molecule has 3 heterocycles. The summed E-state index contributed by atoms with van der Waals surface area (Å²) >= 11 is 0. The molecule has 0 spiro atoms. The number of sulfone groups is 1. The van der Waals surface area contributed by atoms with Crippen LogP contribution in [0, 0.1) is 6.92 Å². The molecule has 1 aliphatic heterocycles. The first-order chi connectivity index (χ1) is 12.5. The van der Waals surface area contributed by atoms with E-state index in [-0.39, 0.29) is 17.5 Å². The van der Waals surface area contributed by atoms with Crippen LogP contribution in [0.2, 0.25) is 0 Å². The molecule has 1 fully saturated rings. The van der Waals surface area contributed by atoms with Crippen LogP contribution in [-0.2, 0) is 9.84 Å². The van der Waals surface area contributed by atoms with E-state index in [1.807, 2.05) is 43.3 Å². The van der Waals surface area contributed by atoms with Crippen molar-refractivity contribution in [2.75, 3.05) is 22.1 Å². The van der Waals surface area contributed by atoms with Crippen LogP contribution in [0.4, 0.5) is 17.5 Å². The molecule has 0 radical (unpaired) electrons. The number of hydrogen-bond donors (Lipinski definition) is 2. The number of nitrogens with one attached hydrogen (secondary N) is 2. The number of pyridine rings is 1. The van der Waals surface area contributed by atoms with Gasteiger partial charge >= 0.3 is 0 Å². The van der Waals surface area contributed by atoms with Gasteiger partial charge in [0.25, 0.3) is 0 Å². The van der Waals surface area contributed by atoms with Gasteiger partial charge in [-0.15, -0.1) is 0 Å². The molecule has 7 nitrogen and oxygen atoms in total. The SMILES string of the molecule is Cc1cc(Nc2cccc3cccnc23)nc(NC2CCS(=O)(=O)C2)n1. The predicted octanol–water partition coefficient (Wildman–Crippen LogP) is 2.68. The van der Waals surface area contributed by atoms with Gasteiger partial charge < -0.3 is 10.6 Å². The fraction of sp³-hybridized carbons (Fsp3) is 0.278. The third-order valence-corrected chi connectivity index (χ3v) is 6.08. The minimum atomic E-state index is -2.95. The Labute approximate surface area is 151 Å². The molecule has 134 valence electrons. The summed E-state index contributed by atoms with van der Waals surface area (Å²) in [6, 6.07) is 11.5. The Hall–Kier alpha value is -2.74.